The molecule has 1 heterocycles. The summed E-state index contributed by atoms with van der Waals surface area (Å²) in [7, 11) is 3.15. The minimum atomic E-state index is -0.493. The van der Waals surface area contributed by atoms with Gasteiger partial charge >= 0.3 is 6.03 Å². The van der Waals surface area contributed by atoms with Gasteiger partial charge in [-0.05, 0) is 25.1 Å². The number of quaternary nitrogens is 1. The number of nitrogens with one attached hydrogen (secondary N) is 2. The zero-order chi connectivity index (χ0) is 19.2. The van der Waals surface area contributed by atoms with Gasteiger partial charge < -0.3 is 19.9 Å². The molecule has 0 bridgehead atoms. The fraction of sp³-hybridized carbons (Fsp3) is 0.353. The summed E-state index contributed by atoms with van der Waals surface area (Å²) in [4.78, 5) is 20.3. The van der Waals surface area contributed by atoms with Crippen LogP contribution >= 0.6 is 11.6 Å². The maximum absolute atomic E-state index is 12.2. The summed E-state index contributed by atoms with van der Waals surface area (Å²) in [5.74, 6) is 0.795. The van der Waals surface area contributed by atoms with Gasteiger partial charge in [0.05, 0.1) is 51.0 Å². The molecule has 9 heteroatoms. The highest BCUT2D eigenvalue weighted by Gasteiger charge is 2.11. The third kappa shape index (κ3) is 6.83. The van der Waals surface area contributed by atoms with Crippen molar-refractivity contribution in [3.05, 3.63) is 46.5 Å². The lowest BCUT2D eigenvalue weighted by molar-refractivity contribution is -0.840. The SMILES string of the molecule is Cc1cnc(NC(=O)Nc2cc(Cl)ccc2OCCC[N+](C)(C)[O-])cn1. The van der Waals surface area contributed by atoms with Gasteiger partial charge in [-0.25, -0.2) is 9.78 Å². The summed E-state index contributed by atoms with van der Waals surface area (Å²) in [6.45, 7) is 2.59. The van der Waals surface area contributed by atoms with Gasteiger partial charge in [0.25, 0.3) is 0 Å². The molecule has 0 unspecified atom stereocenters. The van der Waals surface area contributed by atoms with Crippen LogP contribution in [0.5, 0.6) is 5.75 Å². The average molecular weight is 380 g/mol. The van der Waals surface area contributed by atoms with E-state index in [1.165, 1.54) is 6.20 Å². The Balaban J connectivity index is 1.97. The van der Waals surface area contributed by atoms with Gasteiger partial charge in [-0.15, -0.1) is 0 Å². The van der Waals surface area contributed by atoms with Crippen LogP contribution in [-0.4, -0.2) is 47.9 Å². The van der Waals surface area contributed by atoms with E-state index in [-0.39, 0.29) is 4.65 Å². The van der Waals surface area contributed by atoms with Crippen LogP contribution in [0.4, 0.5) is 16.3 Å². The van der Waals surface area contributed by atoms with Gasteiger partial charge in [0.2, 0.25) is 0 Å². The van der Waals surface area contributed by atoms with Crippen LogP contribution in [0.1, 0.15) is 12.1 Å². The number of halogens is 1. The molecule has 0 saturated carbocycles. The van der Waals surface area contributed by atoms with Crippen LogP contribution in [0.2, 0.25) is 5.02 Å². The number of carbonyl (C=O) groups excluding carboxylic acids is 1. The van der Waals surface area contributed by atoms with Crippen LogP contribution in [-0.2, 0) is 0 Å². The second kappa shape index (κ2) is 8.79. The first-order valence-corrected chi connectivity index (χ1v) is 8.44. The number of aryl methyl sites for hydroxylation is 1. The number of urea groups is 1. The lowest BCUT2D eigenvalue weighted by Crippen LogP contribution is -2.33. The molecule has 0 aliphatic rings. The number of amides is 2. The van der Waals surface area contributed by atoms with Gasteiger partial charge in [-0.2, -0.15) is 0 Å². The molecule has 0 radical (unpaired) electrons. The normalized spacial score (nSPS) is 11.1. The molecule has 2 N–H and O–H groups in total. The molecule has 140 valence electrons. The van der Waals surface area contributed by atoms with Crippen LogP contribution in [0.15, 0.2) is 30.6 Å². The second-order valence-corrected chi connectivity index (χ2v) is 6.70. The van der Waals surface area contributed by atoms with Gasteiger partial charge in [0.1, 0.15) is 5.75 Å². The number of anilines is 2. The number of nitrogens with zero attached hydrogens (tertiary/aromatic N) is 3. The van der Waals surface area contributed by atoms with E-state index in [4.69, 9.17) is 16.3 Å². The van der Waals surface area contributed by atoms with E-state index in [2.05, 4.69) is 20.6 Å². The molecule has 2 amide bonds. The third-order valence-corrected chi connectivity index (χ3v) is 3.55. The highest BCUT2D eigenvalue weighted by Crippen LogP contribution is 2.28. The number of hydrogen-bond donors (Lipinski definition) is 2. The molecule has 0 spiro atoms. The summed E-state index contributed by atoms with van der Waals surface area (Å²) in [6.07, 6.45) is 3.61. The first-order valence-electron chi connectivity index (χ1n) is 8.06. The topological polar surface area (TPSA) is 99.2 Å². The molecule has 2 rings (SSSR count). The van der Waals surface area contributed by atoms with E-state index >= 15 is 0 Å². The van der Waals surface area contributed by atoms with Crippen LogP contribution in [0.3, 0.4) is 0 Å². The zero-order valence-corrected chi connectivity index (χ0v) is 15.7. The minimum absolute atomic E-state index is 0.327. The van der Waals surface area contributed by atoms with E-state index in [0.29, 0.717) is 41.8 Å². The minimum Gasteiger partial charge on any atom is -0.633 e. The molecule has 0 aliphatic heterocycles. The number of carbonyl (C=O) groups is 1. The van der Waals surface area contributed by atoms with Crippen LogP contribution in [0, 0.1) is 12.1 Å². The number of hydroxylamine groups is 3. The van der Waals surface area contributed by atoms with Gasteiger partial charge in [-0.1, -0.05) is 11.6 Å². The van der Waals surface area contributed by atoms with Crippen molar-refractivity contribution in [1.82, 2.24) is 9.97 Å². The quantitative estimate of drug-likeness (QED) is 0.436. The predicted molar refractivity (Wildman–Crippen MR) is 101 cm³/mol. The number of ether oxygens (including phenoxy) is 1. The monoisotopic (exact) mass is 379 g/mol. The highest BCUT2D eigenvalue weighted by atomic mass is 35.5. The molecule has 1 aromatic heterocycles. The largest absolute Gasteiger partial charge is 0.633 e. The Hall–Kier alpha value is -2.42. The third-order valence-electron chi connectivity index (χ3n) is 3.31. The molecule has 0 fully saturated rings. The molecule has 2 aromatic rings. The summed E-state index contributed by atoms with van der Waals surface area (Å²) in [6, 6.07) is 4.43. The van der Waals surface area contributed by atoms with Gasteiger partial charge in [-0.3, -0.25) is 10.3 Å². The smallest absolute Gasteiger partial charge is 0.325 e. The van der Waals surface area contributed by atoms with Crippen molar-refractivity contribution in [2.45, 2.75) is 13.3 Å². The fourth-order valence-corrected chi connectivity index (χ4v) is 2.25. The highest BCUT2D eigenvalue weighted by molar-refractivity contribution is 6.31. The van der Waals surface area contributed by atoms with Gasteiger partial charge in [0, 0.05) is 11.4 Å². The Bertz CT molecular complexity index is 747. The van der Waals surface area contributed by atoms with Crippen LogP contribution < -0.4 is 15.4 Å². The first kappa shape index (κ1) is 19.9. The van der Waals surface area contributed by atoms with E-state index in [1.54, 1.807) is 45.4 Å². The molecule has 0 atom stereocenters. The van der Waals surface area contributed by atoms with E-state index in [9.17, 15) is 10.0 Å². The summed E-state index contributed by atoms with van der Waals surface area (Å²) in [5.41, 5.74) is 1.17. The van der Waals surface area contributed by atoms with Crippen molar-refractivity contribution in [2.75, 3.05) is 37.9 Å². The van der Waals surface area contributed by atoms with Crippen molar-refractivity contribution in [2.24, 2.45) is 0 Å². The van der Waals surface area contributed by atoms with Crippen molar-refractivity contribution < 1.29 is 14.2 Å². The number of benzene rings is 1. The Morgan fingerprint density at radius 3 is 2.69 bits per heavy atom. The van der Waals surface area contributed by atoms with Crippen molar-refractivity contribution >= 4 is 29.1 Å². The first-order chi connectivity index (χ1) is 12.2. The average Bonchev–Trinajstić information content (AvgIpc) is 2.54. The Kier molecular flexibility index (Phi) is 6.73. The van der Waals surface area contributed by atoms with Gasteiger partial charge in [0.15, 0.2) is 5.82 Å². The van der Waals surface area contributed by atoms with Crippen molar-refractivity contribution in [3.63, 3.8) is 0 Å². The predicted octanol–water partition coefficient (Wildman–Crippen LogP) is 3.43. The maximum atomic E-state index is 12.2. The van der Waals surface area contributed by atoms with Crippen LogP contribution in [0.25, 0.3) is 0 Å². The lowest BCUT2D eigenvalue weighted by Gasteiger charge is -2.33. The summed E-state index contributed by atoms with van der Waals surface area (Å²) < 4.78 is 5.30. The molecule has 0 aliphatic carbocycles. The molecule has 26 heavy (non-hydrogen) atoms. The Labute approximate surface area is 157 Å². The van der Waals surface area contributed by atoms with E-state index in [1.807, 2.05) is 0 Å². The molecule has 0 saturated heterocycles. The number of rotatable bonds is 7. The summed E-state index contributed by atoms with van der Waals surface area (Å²) >= 11 is 6.01. The zero-order valence-electron chi connectivity index (χ0n) is 15.0. The molecule has 8 nitrogen and oxygen atoms in total. The molecular weight excluding hydrogens is 358 g/mol. The standard InChI is InChI=1S/C17H22ClN5O3/c1-12-10-20-16(11-19-12)22-17(24)21-14-9-13(18)5-6-15(14)26-8-4-7-23(2,3)25/h5-6,9-11H,4,7-8H2,1-3H3,(H2,20,21,22,24). The number of aromatic nitrogens is 2. The van der Waals surface area contributed by atoms with Crippen molar-refractivity contribution in [3.8, 4) is 5.75 Å². The van der Waals surface area contributed by atoms with E-state index < -0.39 is 6.03 Å². The van der Waals surface area contributed by atoms with E-state index in [0.717, 1.165) is 5.69 Å². The molecule has 1 aromatic carbocycles. The fourth-order valence-electron chi connectivity index (χ4n) is 2.08. The maximum Gasteiger partial charge on any atom is 0.325 e. The summed E-state index contributed by atoms with van der Waals surface area (Å²) in [5, 5.41) is 17.3. The Morgan fingerprint density at radius 2 is 2.04 bits per heavy atom. The molecular formula is C17H22ClN5O3. The second-order valence-electron chi connectivity index (χ2n) is 6.26. The lowest BCUT2D eigenvalue weighted by atomic mass is 10.3. The Morgan fingerprint density at radius 1 is 1.27 bits per heavy atom. The number of hydrogen-bond acceptors (Lipinski definition) is 5. The van der Waals surface area contributed by atoms with Crippen molar-refractivity contribution in [1.29, 1.82) is 0 Å².